The van der Waals surface area contributed by atoms with E-state index in [4.69, 9.17) is 9.84 Å². The summed E-state index contributed by atoms with van der Waals surface area (Å²) in [5.41, 5.74) is 1.84. The number of carboxylic acids is 1. The minimum Gasteiger partial charge on any atom is -0.489 e. The van der Waals surface area contributed by atoms with Crippen molar-refractivity contribution < 1.29 is 19.0 Å². The molecular formula is C15H13FO3. The lowest BCUT2D eigenvalue weighted by atomic mass is 10.1. The second-order valence-corrected chi connectivity index (χ2v) is 4.19. The van der Waals surface area contributed by atoms with Gasteiger partial charge in [-0.2, -0.15) is 0 Å². The first-order valence-electron chi connectivity index (χ1n) is 5.77. The van der Waals surface area contributed by atoms with Crippen molar-refractivity contribution in [2.75, 3.05) is 0 Å². The smallest absolute Gasteiger partial charge is 0.335 e. The molecule has 1 N–H and O–H groups in total. The molecular weight excluding hydrogens is 247 g/mol. The summed E-state index contributed by atoms with van der Waals surface area (Å²) in [4.78, 5) is 10.8. The molecule has 0 saturated heterocycles. The highest BCUT2D eigenvalue weighted by molar-refractivity contribution is 5.87. The lowest BCUT2D eigenvalue weighted by molar-refractivity contribution is 0.0696. The molecule has 0 aliphatic carbocycles. The predicted octanol–water partition coefficient (Wildman–Crippen LogP) is 3.41. The molecule has 4 heteroatoms. The Kier molecular flexibility index (Phi) is 3.80. The van der Waals surface area contributed by atoms with Gasteiger partial charge in [0.25, 0.3) is 0 Å². The molecule has 0 atom stereocenters. The van der Waals surface area contributed by atoms with Gasteiger partial charge in [-0.25, -0.2) is 9.18 Å². The summed E-state index contributed by atoms with van der Waals surface area (Å²) < 4.78 is 18.5. The van der Waals surface area contributed by atoms with Gasteiger partial charge < -0.3 is 9.84 Å². The van der Waals surface area contributed by atoms with E-state index in [0.29, 0.717) is 5.75 Å². The Balaban J connectivity index is 2.10. The molecule has 0 heterocycles. The number of hydrogen-bond acceptors (Lipinski definition) is 2. The van der Waals surface area contributed by atoms with E-state index in [9.17, 15) is 9.18 Å². The van der Waals surface area contributed by atoms with Crippen LogP contribution in [0.15, 0.2) is 42.5 Å². The Labute approximate surface area is 110 Å². The summed E-state index contributed by atoms with van der Waals surface area (Å²) >= 11 is 0. The van der Waals surface area contributed by atoms with Gasteiger partial charge in [-0.15, -0.1) is 0 Å². The molecule has 98 valence electrons. The maximum Gasteiger partial charge on any atom is 0.335 e. The maximum atomic E-state index is 12.9. The third-order valence-electron chi connectivity index (χ3n) is 2.78. The van der Waals surface area contributed by atoms with Crippen molar-refractivity contribution in [3.8, 4) is 5.75 Å². The van der Waals surface area contributed by atoms with Crippen molar-refractivity contribution in [1.82, 2.24) is 0 Å². The SMILES string of the molecule is Cc1cc(F)ccc1COc1cccc(C(=O)O)c1. The monoisotopic (exact) mass is 260 g/mol. The molecule has 0 aliphatic heterocycles. The maximum absolute atomic E-state index is 12.9. The van der Waals surface area contributed by atoms with E-state index in [1.165, 1.54) is 24.3 Å². The second-order valence-electron chi connectivity index (χ2n) is 4.19. The fourth-order valence-electron chi connectivity index (χ4n) is 1.70. The van der Waals surface area contributed by atoms with Crippen molar-refractivity contribution >= 4 is 5.97 Å². The van der Waals surface area contributed by atoms with Crippen molar-refractivity contribution in [2.45, 2.75) is 13.5 Å². The van der Waals surface area contributed by atoms with Crippen LogP contribution >= 0.6 is 0 Å². The van der Waals surface area contributed by atoms with Crippen LogP contribution < -0.4 is 4.74 Å². The molecule has 0 radical (unpaired) electrons. The van der Waals surface area contributed by atoms with Crippen LogP contribution in [-0.4, -0.2) is 11.1 Å². The van der Waals surface area contributed by atoms with Gasteiger partial charge in [-0.1, -0.05) is 12.1 Å². The fourth-order valence-corrected chi connectivity index (χ4v) is 1.70. The van der Waals surface area contributed by atoms with Gasteiger partial charge in [0.2, 0.25) is 0 Å². The summed E-state index contributed by atoms with van der Waals surface area (Å²) in [5.74, 6) is -0.804. The van der Waals surface area contributed by atoms with Crippen LogP contribution in [0.1, 0.15) is 21.5 Å². The predicted molar refractivity (Wildman–Crippen MR) is 68.9 cm³/mol. The summed E-state index contributed by atoms with van der Waals surface area (Å²) in [6, 6.07) is 10.7. The summed E-state index contributed by atoms with van der Waals surface area (Å²) in [5, 5.41) is 8.87. The van der Waals surface area contributed by atoms with E-state index in [1.807, 2.05) is 0 Å². The van der Waals surface area contributed by atoms with Crippen LogP contribution in [0.5, 0.6) is 5.75 Å². The van der Waals surface area contributed by atoms with Crippen LogP contribution in [0.3, 0.4) is 0 Å². The molecule has 0 fully saturated rings. The zero-order valence-electron chi connectivity index (χ0n) is 10.4. The largest absolute Gasteiger partial charge is 0.489 e. The highest BCUT2D eigenvalue weighted by Crippen LogP contribution is 2.17. The lowest BCUT2D eigenvalue weighted by Gasteiger charge is -2.09. The third-order valence-corrected chi connectivity index (χ3v) is 2.78. The quantitative estimate of drug-likeness (QED) is 0.916. The van der Waals surface area contributed by atoms with E-state index in [1.54, 1.807) is 25.1 Å². The van der Waals surface area contributed by atoms with E-state index in [2.05, 4.69) is 0 Å². The number of aryl methyl sites for hydroxylation is 1. The molecule has 2 rings (SSSR count). The number of hydrogen-bond donors (Lipinski definition) is 1. The average Bonchev–Trinajstić information content (AvgIpc) is 2.38. The van der Waals surface area contributed by atoms with E-state index in [-0.39, 0.29) is 18.0 Å². The molecule has 0 unspecified atom stereocenters. The van der Waals surface area contributed by atoms with Crippen molar-refractivity contribution in [2.24, 2.45) is 0 Å². The molecule has 0 bridgehead atoms. The van der Waals surface area contributed by atoms with Crippen LogP contribution in [0, 0.1) is 12.7 Å². The average molecular weight is 260 g/mol. The van der Waals surface area contributed by atoms with Gasteiger partial charge in [0.1, 0.15) is 18.2 Å². The summed E-state index contributed by atoms with van der Waals surface area (Å²) in [6.07, 6.45) is 0. The molecule has 2 aromatic rings. The van der Waals surface area contributed by atoms with E-state index < -0.39 is 5.97 Å². The topological polar surface area (TPSA) is 46.5 Å². The number of aromatic carboxylic acids is 1. The van der Waals surface area contributed by atoms with E-state index >= 15 is 0 Å². The molecule has 2 aromatic carbocycles. The lowest BCUT2D eigenvalue weighted by Crippen LogP contribution is -2.00. The van der Waals surface area contributed by atoms with Gasteiger partial charge in [-0.3, -0.25) is 0 Å². The zero-order chi connectivity index (χ0) is 13.8. The van der Waals surface area contributed by atoms with Crippen molar-refractivity contribution in [1.29, 1.82) is 0 Å². The van der Waals surface area contributed by atoms with Gasteiger partial charge in [0, 0.05) is 0 Å². The van der Waals surface area contributed by atoms with Gasteiger partial charge in [-0.05, 0) is 48.4 Å². The zero-order valence-corrected chi connectivity index (χ0v) is 10.4. The first-order chi connectivity index (χ1) is 9.06. The molecule has 0 amide bonds. The highest BCUT2D eigenvalue weighted by atomic mass is 19.1. The van der Waals surface area contributed by atoms with Gasteiger partial charge >= 0.3 is 5.97 Å². The molecule has 19 heavy (non-hydrogen) atoms. The van der Waals surface area contributed by atoms with Crippen LogP contribution in [-0.2, 0) is 6.61 Å². The minimum absolute atomic E-state index is 0.174. The number of halogens is 1. The number of rotatable bonds is 4. The second kappa shape index (κ2) is 5.52. The summed E-state index contributed by atoms with van der Waals surface area (Å²) in [7, 11) is 0. The number of ether oxygens (including phenoxy) is 1. The van der Waals surface area contributed by atoms with E-state index in [0.717, 1.165) is 11.1 Å². The molecule has 0 spiro atoms. The Bertz CT molecular complexity index is 608. The van der Waals surface area contributed by atoms with Gasteiger partial charge in [0.15, 0.2) is 0 Å². The number of carboxylic acid groups (broad SMARTS) is 1. The van der Waals surface area contributed by atoms with Crippen LogP contribution in [0.2, 0.25) is 0 Å². The molecule has 3 nitrogen and oxygen atoms in total. The first kappa shape index (κ1) is 13.1. The Morgan fingerprint density at radius 3 is 2.74 bits per heavy atom. The first-order valence-corrected chi connectivity index (χ1v) is 5.77. The molecule has 0 aromatic heterocycles. The number of benzene rings is 2. The third kappa shape index (κ3) is 3.31. The van der Waals surface area contributed by atoms with Crippen LogP contribution in [0.4, 0.5) is 4.39 Å². The fraction of sp³-hybridized carbons (Fsp3) is 0.133. The normalized spacial score (nSPS) is 10.2. The van der Waals surface area contributed by atoms with Crippen LogP contribution in [0.25, 0.3) is 0 Å². The van der Waals surface area contributed by atoms with Crippen molar-refractivity contribution in [3.05, 3.63) is 65.0 Å². The number of carbonyl (C=O) groups is 1. The molecule has 0 aliphatic rings. The standard InChI is InChI=1S/C15H13FO3/c1-10-7-13(16)6-5-12(10)9-19-14-4-2-3-11(8-14)15(17)18/h2-8H,9H2,1H3,(H,17,18). The summed E-state index contributed by atoms with van der Waals surface area (Å²) in [6.45, 7) is 2.07. The Morgan fingerprint density at radius 1 is 1.26 bits per heavy atom. The van der Waals surface area contributed by atoms with Crippen molar-refractivity contribution in [3.63, 3.8) is 0 Å². The Hall–Kier alpha value is -2.36. The highest BCUT2D eigenvalue weighted by Gasteiger charge is 2.05. The minimum atomic E-state index is -0.997. The molecule has 0 saturated carbocycles. The Morgan fingerprint density at radius 2 is 2.05 bits per heavy atom. The van der Waals surface area contributed by atoms with Gasteiger partial charge in [0.05, 0.1) is 5.56 Å².